The average molecular weight is 260 g/mol. The molecule has 0 saturated heterocycles. The SMILES string of the molecule is CC(CCO)NCc1c(Cl)nc2sccn12. The molecule has 2 aromatic heterocycles. The summed E-state index contributed by atoms with van der Waals surface area (Å²) in [5.74, 6) is 0. The quantitative estimate of drug-likeness (QED) is 0.863. The van der Waals surface area contributed by atoms with Gasteiger partial charge in [0.1, 0.15) is 0 Å². The van der Waals surface area contributed by atoms with Crippen molar-refractivity contribution in [3.63, 3.8) is 0 Å². The molecule has 0 aliphatic rings. The normalized spacial score (nSPS) is 13.4. The Hall–Kier alpha value is -0.620. The summed E-state index contributed by atoms with van der Waals surface area (Å²) < 4.78 is 1.99. The average Bonchev–Trinajstić information content (AvgIpc) is 2.76. The molecule has 4 nitrogen and oxygen atoms in total. The van der Waals surface area contributed by atoms with E-state index in [1.807, 2.05) is 22.9 Å². The maximum Gasteiger partial charge on any atom is 0.195 e. The van der Waals surface area contributed by atoms with Crippen molar-refractivity contribution in [3.05, 3.63) is 22.4 Å². The van der Waals surface area contributed by atoms with Crippen molar-refractivity contribution in [2.75, 3.05) is 6.61 Å². The number of hydrogen-bond donors (Lipinski definition) is 2. The number of aliphatic hydroxyl groups excluding tert-OH is 1. The third-order valence-electron chi connectivity index (χ3n) is 2.49. The van der Waals surface area contributed by atoms with Crippen LogP contribution in [0.2, 0.25) is 5.15 Å². The van der Waals surface area contributed by atoms with Crippen molar-refractivity contribution >= 4 is 27.9 Å². The minimum absolute atomic E-state index is 0.197. The molecule has 0 radical (unpaired) electrons. The third-order valence-corrected chi connectivity index (χ3v) is 3.55. The molecule has 0 saturated carbocycles. The highest BCUT2D eigenvalue weighted by molar-refractivity contribution is 7.15. The first-order chi connectivity index (χ1) is 7.72. The standard InChI is InChI=1S/C10H14ClN3OS/c1-7(2-4-15)12-6-8-9(11)13-10-14(8)3-5-16-10/h3,5,7,12,15H,2,4,6H2,1H3. The Labute approximate surface area is 103 Å². The highest BCUT2D eigenvalue weighted by atomic mass is 35.5. The van der Waals surface area contributed by atoms with Crippen LogP contribution >= 0.6 is 22.9 Å². The highest BCUT2D eigenvalue weighted by Gasteiger charge is 2.11. The number of nitrogens with zero attached hydrogens (tertiary/aromatic N) is 2. The zero-order chi connectivity index (χ0) is 11.5. The number of nitrogens with one attached hydrogen (secondary N) is 1. The fourth-order valence-corrected chi connectivity index (χ4v) is 2.55. The van der Waals surface area contributed by atoms with Gasteiger partial charge >= 0.3 is 0 Å². The van der Waals surface area contributed by atoms with Crippen LogP contribution in [0.4, 0.5) is 0 Å². The smallest absolute Gasteiger partial charge is 0.195 e. The fourth-order valence-electron chi connectivity index (χ4n) is 1.53. The zero-order valence-electron chi connectivity index (χ0n) is 8.98. The van der Waals surface area contributed by atoms with Crippen LogP contribution < -0.4 is 5.32 Å². The van der Waals surface area contributed by atoms with Gasteiger partial charge in [0, 0.05) is 30.8 Å². The van der Waals surface area contributed by atoms with E-state index in [4.69, 9.17) is 16.7 Å². The minimum Gasteiger partial charge on any atom is -0.396 e. The molecule has 2 N–H and O–H groups in total. The van der Waals surface area contributed by atoms with Gasteiger partial charge in [0.2, 0.25) is 0 Å². The number of aliphatic hydroxyl groups is 1. The molecule has 1 atom stereocenters. The number of imidazole rings is 1. The van der Waals surface area contributed by atoms with E-state index < -0.39 is 0 Å². The Morgan fingerprint density at radius 2 is 2.50 bits per heavy atom. The van der Waals surface area contributed by atoms with Crippen molar-refractivity contribution < 1.29 is 5.11 Å². The zero-order valence-corrected chi connectivity index (χ0v) is 10.6. The van der Waals surface area contributed by atoms with E-state index in [0.717, 1.165) is 17.1 Å². The van der Waals surface area contributed by atoms with E-state index in [0.29, 0.717) is 11.7 Å². The molecule has 0 bridgehead atoms. The van der Waals surface area contributed by atoms with E-state index in [1.54, 1.807) is 11.3 Å². The maximum absolute atomic E-state index is 8.81. The first-order valence-electron chi connectivity index (χ1n) is 5.16. The van der Waals surface area contributed by atoms with Crippen molar-refractivity contribution in [2.45, 2.75) is 25.9 Å². The van der Waals surface area contributed by atoms with Gasteiger partial charge in [-0.3, -0.25) is 4.40 Å². The lowest BCUT2D eigenvalue weighted by Crippen LogP contribution is -2.26. The number of rotatable bonds is 5. The van der Waals surface area contributed by atoms with Crippen LogP contribution in [-0.2, 0) is 6.54 Å². The van der Waals surface area contributed by atoms with Crippen LogP contribution in [0.25, 0.3) is 4.96 Å². The van der Waals surface area contributed by atoms with Gasteiger partial charge < -0.3 is 10.4 Å². The second kappa shape index (κ2) is 5.14. The maximum atomic E-state index is 8.81. The minimum atomic E-state index is 0.197. The molecule has 16 heavy (non-hydrogen) atoms. The summed E-state index contributed by atoms with van der Waals surface area (Å²) in [6.45, 7) is 2.90. The van der Waals surface area contributed by atoms with Gasteiger partial charge in [0.15, 0.2) is 10.1 Å². The highest BCUT2D eigenvalue weighted by Crippen LogP contribution is 2.21. The molecule has 6 heteroatoms. The molecule has 2 rings (SSSR count). The second-order valence-corrected chi connectivity index (χ2v) is 4.93. The molecule has 0 spiro atoms. The monoisotopic (exact) mass is 259 g/mol. The Morgan fingerprint density at radius 1 is 1.69 bits per heavy atom. The van der Waals surface area contributed by atoms with Crippen LogP contribution in [-0.4, -0.2) is 27.1 Å². The first-order valence-corrected chi connectivity index (χ1v) is 6.42. The molecule has 0 aromatic carbocycles. The molecule has 2 heterocycles. The second-order valence-electron chi connectivity index (χ2n) is 3.70. The van der Waals surface area contributed by atoms with Gasteiger partial charge in [-0.25, -0.2) is 4.98 Å². The number of aromatic nitrogens is 2. The Morgan fingerprint density at radius 3 is 3.25 bits per heavy atom. The predicted octanol–water partition coefficient (Wildman–Crippen LogP) is 1.91. The molecule has 0 aliphatic heterocycles. The molecule has 1 unspecified atom stereocenters. The number of hydrogen-bond acceptors (Lipinski definition) is 4. The van der Waals surface area contributed by atoms with E-state index in [2.05, 4.69) is 10.3 Å². The first kappa shape index (κ1) is 11.9. The number of thiazole rings is 1. The number of halogens is 1. The summed E-state index contributed by atoms with van der Waals surface area (Å²) in [4.78, 5) is 5.17. The fraction of sp³-hybridized carbons (Fsp3) is 0.500. The summed E-state index contributed by atoms with van der Waals surface area (Å²) in [7, 11) is 0. The topological polar surface area (TPSA) is 49.6 Å². The molecular formula is C10H14ClN3OS. The van der Waals surface area contributed by atoms with Crippen molar-refractivity contribution in [2.24, 2.45) is 0 Å². The lowest BCUT2D eigenvalue weighted by molar-refractivity contribution is 0.268. The van der Waals surface area contributed by atoms with Gasteiger partial charge in [-0.1, -0.05) is 11.6 Å². The lowest BCUT2D eigenvalue weighted by Gasteiger charge is -2.11. The summed E-state index contributed by atoms with van der Waals surface area (Å²) >= 11 is 7.62. The van der Waals surface area contributed by atoms with Gasteiger partial charge in [0.05, 0.1) is 5.69 Å². The largest absolute Gasteiger partial charge is 0.396 e. The molecule has 88 valence electrons. The third kappa shape index (κ3) is 2.38. The van der Waals surface area contributed by atoms with Crippen molar-refractivity contribution in [1.29, 1.82) is 0 Å². The molecule has 0 fully saturated rings. The van der Waals surface area contributed by atoms with Crippen LogP contribution in [0.5, 0.6) is 0 Å². The van der Waals surface area contributed by atoms with E-state index in [9.17, 15) is 0 Å². The van der Waals surface area contributed by atoms with Crippen LogP contribution in [0.1, 0.15) is 19.0 Å². The Bertz CT molecular complexity index is 468. The van der Waals surface area contributed by atoms with E-state index in [1.165, 1.54) is 0 Å². The summed E-state index contributed by atoms with van der Waals surface area (Å²) in [6, 6.07) is 0.269. The van der Waals surface area contributed by atoms with E-state index in [-0.39, 0.29) is 12.6 Å². The van der Waals surface area contributed by atoms with Crippen molar-refractivity contribution in [1.82, 2.24) is 14.7 Å². The molecule has 0 amide bonds. The van der Waals surface area contributed by atoms with E-state index >= 15 is 0 Å². The van der Waals surface area contributed by atoms with Gasteiger partial charge in [0.25, 0.3) is 0 Å². The summed E-state index contributed by atoms with van der Waals surface area (Å²) in [6.07, 6.45) is 2.70. The molecular weight excluding hydrogens is 246 g/mol. The predicted molar refractivity (Wildman–Crippen MR) is 66.1 cm³/mol. The summed E-state index contributed by atoms with van der Waals surface area (Å²) in [5.41, 5.74) is 0.975. The van der Waals surface area contributed by atoms with Gasteiger partial charge in [-0.2, -0.15) is 0 Å². The van der Waals surface area contributed by atoms with Crippen LogP contribution in [0.15, 0.2) is 11.6 Å². The molecule has 0 aliphatic carbocycles. The van der Waals surface area contributed by atoms with Gasteiger partial charge in [-0.05, 0) is 13.3 Å². The number of fused-ring (bicyclic) bond motifs is 1. The van der Waals surface area contributed by atoms with Crippen molar-refractivity contribution in [3.8, 4) is 0 Å². The Balaban J connectivity index is 2.08. The summed E-state index contributed by atoms with van der Waals surface area (Å²) in [5, 5.41) is 14.7. The molecule has 2 aromatic rings. The van der Waals surface area contributed by atoms with Crippen LogP contribution in [0, 0.1) is 0 Å². The van der Waals surface area contributed by atoms with Crippen LogP contribution in [0.3, 0.4) is 0 Å². The van der Waals surface area contributed by atoms with Gasteiger partial charge in [-0.15, -0.1) is 11.3 Å². The Kier molecular flexibility index (Phi) is 3.81. The lowest BCUT2D eigenvalue weighted by atomic mass is 10.2.